The van der Waals surface area contributed by atoms with E-state index >= 15 is 0 Å². The van der Waals surface area contributed by atoms with Crippen molar-refractivity contribution >= 4 is 40.5 Å². The average Bonchev–Trinajstić information content (AvgIpc) is 3.10. The zero-order chi connectivity index (χ0) is 27.3. The highest BCUT2D eigenvalue weighted by atomic mass is 32.1. The SMILES string of the molecule is CCOc1ccc(NC(=O)C[C@H]2C(=O)N(c3ccccc3)C(=S)N2Cc2ccc(OC(F)(F)F)cc2)cc1. The molecule has 11 heteroatoms. The monoisotopic (exact) mass is 543 g/mol. The lowest BCUT2D eigenvalue weighted by Crippen LogP contribution is -2.37. The minimum Gasteiger partial charge on any atom is -0.494 e. The van der Waals surface area contributed by atoms with E-state index in [0.29, 0.717) is 29.3 Å². The second-order valence-corrected chi connectivity index (χ2v) is 8.70. The number of amides is 2. The fourth-order valence-corrected chi connectivity index (χ4v) is 4.40. The van der Waals surface area contributed by atoms with Gasteiger partial charge in [0.1, 0.15) is 17.5 Å². The van der Waals surface area contributed by atoms with Gasteiger partial charge in [0.05, 0.1) is 18.7 Å². The minimum atomic E-state index is -4.80. The molecule has 1 aliphatic heterocycles. The molecule has 3 aromatic carbocycles. The van der Waals surface area contributed by atoms with Crippen LogP contribution in [-0.2, 0) is 16.1 Å². The highest BCUT2D eigenvalue weighted by molar-refractivity contribution is 7.80. The van der Waals surface area contributed by atoms with Crippen LogP contribution in [0.15, 0.2) is 78.9 Å². The third-order valence-electron chi connectivity index (χ3n) is 5.67. The maximum Gasteiger partial charge on any atom is 0.573 e. The largest absolute Gasteiger partial charge is 0.573 e. The van der Waals surface area contributed by atoms with Crippen molar-refractivity contribution in [2.24, 2.45) is 0 Å². The summed E-state index contributed by atoms with van der Waals surface area (Å²) >= 11 is 5.63. The first-order valence-electron chi connectivity index (χ1n) is 11.7. The number of nitrogens with one attached hydrogen (secondary N) is 1. The van der Waals surface area contributed by atoms with Gasteiger partial charge in [-0.1, -0.05) is 30.3 Å². The predicted molar refractivity (Wildman–Crippen MR) is 140 cm³/mol. The molecule has 1 aliphatic rings. The van der Waals surface area contributed by atoms with Gasteiger partial charge in [0.25, 0.3) is 5.91 Å². The van der Waals surface area contributed by atoms with Crippen LogP contribution in [0.2, 0.25) is 0 Å². The summed E-state index contributed by atoms with van der Waals surface area (Å²) in [5.74, 6) is -0.471. The molecular formula is C27H24F3N3O4S. The molecule has 0 saturated carbocycles. The number of thiocarbonyl (C=S) groups is 1. The summed E-state index contributed by atoms with van der Waals surface area (Å²) in [5, 5.41) is 2.97. The maximum absolute atomic E-state index is 13.5. The molecule has 7 nitrogen and oxygen atoms in total. The fraction of sp³-hybridized carbons (Fsp3) is 0.222. The number of ether oxygens (including phenoxy) is 2. The van der Waals surface area contributed by atoms with Crippen LogP contribution in [0.5, 0.6) is 11.5 Å². The molecule has 2 amide bonds. The van der Waals surface area contributed by atoms with E-state index in [-0.39, 0.29) is 29.7 Å². The van der Waals surface area contributed by atoms with Crippen molar-refractivity contribution in [3.8, 4) is 11.5 Å². The third kappa shape index (κ3) is 6.60. The Morgan fingerprint density at radius 2 is 1.61 bits per heavy atom. The number of hydrogen-bond donors (Lipinski definition) is 1. The molecule has 1 heterocycles. The Labute approximate surface area is 222 Å². The van der Waals surface area contributed by atoms with Crippen LogP contribution < -0.4 is 19.7 Å². The van der Waals surface area contributed by atoms with Crippen LogP contribution in [0.3, 0.4) is 0 Å². The van der Waals surface area contributed by atoms with Crippen molar-refractivity contribution in [1.29, 1.82) is 0 Å². The normalized spacial score (nSPS) is 15.5. The van der Waals surface area contributed by atoms with E-state index in [9.17, 15) is 22.8 Å². The standard InChI is InChI=1S/C27H24F3N3O4S/c1-2-36-21-14-10-19(11-15-21)31-24(34)16-23-25(35)33(20-6-4-3-5-7-20)26(38)32(23)17-18-8-12-22(13-9-18)37-27(28,29)30/h3-15,23H,2,16-17H2,1H3,(H,31,34)/t23-/m0/s1. The van der Waals surface area contributed by atoms with Crippen LogP contribution in [0.1, 0.15) is 18.9 Å². The molecule has 0 aliphatic carbocycles. The summed E-state index contributed by atoms with van der Waals surface area (Å²) in [6, 6.07) is 20.0. The zero-order valence-electron chi connectivity index (χ0n) is 20.3. The maximum atomic E-state index is 13.5. The molecule has 0 bridgehead atoms. The van der Waals surface area contributed by atoms with Gasteiger partial charge < -0.3 is 19.7 Å². The Balaban J connectivity index is 1.53. The van der Waals surface area contributed by atoms with Crippen molar-refractivity contribution < 1.29 is 32.2 Å². The number of hydrogen-bond acceptors (Lipinski definition) is 5. The number of para-hydroxylation sites is 1. The van der Waals surface area contributed by atoms with Gasteiger partial charge >= 0.3 is 6.36 Å². The molecule has 1 saturated heterocycles. The molecule has 0 radical (unpaired) electrons. The van der Waals surface area contributed by atoms with Gasteiger partial charge in [-0.2, -0.15) is 0 Å². The van der Waals surface area contributed by atoms with Crippen LogP contribution in [0.25, 0.3) is 0 Å². The second-order valence-electron chi connectivity index (χ2n) is 8.34. The van der Waals surface area contributed by atoms with Gasteiger partial charge in [-0.3, -0.25) is 14.5 Å². The van der Waals surface area contributed by atoms with Gasteiger partial charge in [0, 0.05) is 12.2 Å². The lowest BCUT2D eigenvalue weighted by molar-refractivity contribution is -0.274. The summed E-state index contributed by atoms with van der Waals surface area (Å²) in [6.07, 6.45) is -4.99. The fourth-order valence-electron chi connectivity index (χ4n) is 4.01. The number of anilines is 2. The first-order chi connectivity index (χ1) is 18.1. The Bertz CT molecular complexity index is 1290. The highest BCUT2D eigenvalue weighted by Crippen LogP contribution is 2.30. The molecular weight excluding hydrogens is 519 g/mol. The van der Waals surface area contributed by atoms with Crippen LogP contribution in [0, 0.1) is 0 Å². The molecule has 1 atom stereocenters. The minimum absolute atomic E-state index is 0.0984. The van der Waals surface area contributed by atoms with Crippen LogP contribution in [0.4, 0.5) is 24.5 Å². The van der Waals surface area contributed by atoms with Crippen molar-refractivity contribution in [3.05, 3.63) is 84.4 Å². The second kappa shape index (κ2) is 11.5. The molecule has 1 N–H and O–H groups in total. The Kier molecular flexibility index (Phi) is 8.16. The molecule has 0 unspecified atom stereocenters. The van der Waals surface area contributed by atoms with Crippen molar-refractivity contribution in [3.63, 3.8) is 0 Å². The first-order valence-corrected chi connectivity index (χ1v) is 12.1. The molecule has 4 rings (SSSR count). The molecule has 38 heavy (non-hydrogen) atoms. The quantitative estimate of drug-likeness (QED) is 0.359. The summed E-state index contributed by atoms with van der Waals surface area (Å²) in [5.41, 5.74) is 1.68. The highest BCUT2D eigenvalue weighted by Gasteiger charge is 2.44. The topological polar surface area (TPSA) is 71.1 Å². The number of carbonyl (C=O) groups excluding carboxylic acids is 2. The van der Waals surface area contributed by atoms with E-state index in [1.54, 1.807) is 59.5 Å². The number of benzene rings is 3. The van der Waals surface area contributed by atoms with Crippen molar-refractivity contribution in [1.82, 2.24) is 4.90 Å². The molecule has 0 aromatic heterocycles. The molecule has 198 valence electrons. The smallest absolute Gasteiger partial charge is 0.494 e. The summed E-state index contributed by atoms with van der Waals surface area (Å²) in [6.45, 7) is 2.48. The molecule has 1 fully saturated rings. The Morgan fingerprint density at radius 1 is 0.974 bits per heavy atom. The van der Waals surface area contributed by atoms with Crippen molar-refractivity contribution in [2.45, 2.75) is 32.3 Å². The lowest BCUT2D eigenvalue weighted by atomic mass is 10.1. The Morgan fingerprint density at radius 3 is 2.21 bits per heavy atom. The summed E-state index contributed by atoms with van der Waals surface area (Å²) < 4.78 is 46.9. The van der Waals surface area contributed by atoms with Crippen molar-refractivity contribution in [2.75, 3.05) is 16.8 Å². The van der Waals surface area contributed by atoms with Gasteiger partial charge in [-0.15, -0.1) is 13.2 Å². The average molecular weight is 544 g/mol. The lowest BCUT2D eigenvalue weighted by Gasteiger charge is -2.24. The zero-order valence-corrected chi connectivity index (χ0v) is 21.1. The van der Waals surface area contributed by atoms with E-state index in [4.69, 9.17) is 17.0 Å². The predicted octanol–water partition coefficient (Wildman–Crippen LogP) is 5.52. The number of rotatable bonds is 9. The van der Waals surface area contributed by atoms with E-state index in [1.807, 2.05) is 6.92 Å². The van der Waals surface area contributed by atoms with Crippen LogP contribution >= 0.6 is 12.2 Å². The number of alkyl halides is 3. The van der Waals surface area contributed by atoms with Gasteiger partial charge in [0.2, 0.25) is 5.91 Å². The van der Waals surface area contributed by atoms with E-state index < -0.39 is 18.3 Å². The molecule has 0 spiro atoms. The molecule has 3 aromatic rings. The van der Waals surface area contributed by atoms with Gasteiger partial charge in [0.15, 0.2) is 5.11 Å². The first kappa shape index (κ1) is 26.9. The van der Waals surface area contributed by atoms with E-state index in [0.717, 1.165) is 0 Å². The number of carbonyl (C=O) groups is 2. The summed E-state index contributed by atoms with van der Waals surface area (Å²) in [4.78, 5) is 29.4. The number of halogens is 3. The summed E-state index contributed by atoms with van der Waals surface area (Å²) in [7, 11) is 0. The van der Waals surface area contributed by atoms with Crippen LogP contribution in [-0.4, -0.2) is 40.8 Å². The van der Waals surface area contributed by atoms with E-state index in [2.05, 4.69) is 10.1 Å². The van der Waals surface area contributed by atoms with Gasteiger partial charge in [-0.05, 0) is 73.2 Å². The van der Waals surface area contributed by atoms with E-state index in [1.165, 1.54) is 29.2 Å². The third-order valence-corrected chi connectivity index (χ3v) is 6.09. The number of nitrogens with zero attached hydrogens (tertiary/aromatic N) is 2. The van der Waals surface area contributed by atoms with Gasteiger partial charge in [-0.25, -0.2) is 0 Å². The Hall–Kier alpha value is -4.12.